The van der Waals surface area contributed by atoms with Crippen LogP contribution in [0.25, 0.3) is 0 Å². The molecule has 0 saturated heterocycles. The summed E-state index contributed by atoms with van der Waals surface area (Å²) in [5, 5.41) is 22.6. The summed E-state index contributed by atoms with van der Waals surface area (Å²) in [6.45, 7) is 1.64. The number of benzene rings is 1. The molecule has 8 heteroatoms. The molecule has 1 fully saturated rings. The average molecular weight is 278 g/mol. The Morgan fingerprint density at radius 2 is 2.05 bits per heavy atom. The first-order valence-electron chi connectivity index (χ1n) is 6.35. The van der Waals surface area contributed by atoms with Crippen LogP contribution < -0.4 is 5.23 Å². The largest absolute Gasteiger partial charge is 0.459 e. The lowest BCUT2D eigenvalue weighted by atomic mass is 9.80. The number of nitrogens with zero attached hydrogens (tertiary/aromatic N) is 1. The van der Waals surface area contributed by atoms with E-state index in [2.05, 4.69) is 5.23 Å². The van der Waals surface area contributed by atoms with Crippen LogP contribution in [0.5, 0.6) is 0 Å². The molecule has 1 aliphatic carbocycles. The van der Waals surface area contributed by atoms with Gasteiger partial charge < -0.3 is 15.0 Å². The summed E-state index contributed by atoms with van der Waals surface area (Å²) in [6, 6.07) is 5.46. The van der Waals surface area contributed by atoms with Crippen LogP contribution in [0.4, 0.5) is 5.69 Å². The van der Waals surface area contributed by atoms with Gasteiger partial charge in [-0.3, -0.25) is 10.1 Å². The third-order valence-electron chi connectivity index (χ3n) is 3.16. The molecule has 2 rings (SSSR count). The Hall–Kier alpha value is -1.93. The number of nitrogens with one attached hydrogen (secondary N) is 1. The van der Waals surface area contributed by atoms with Crippen molar-refractivity contribution in [3.63, 3.8) is 0 Å². The molecule has 1 aromatic rings. The molecule has 0 aliphatic heterocycles. The Morgan fingerprint density at radius 3 is 2.55 bits per heavy atom. The van der Waals surface area contributed by atoms with Crippen LogP contribution >= 0.6 is 0 Å². The second kappa shape index (κ2) is 6.02. The number of non-ortho nitro benzene ring substituents is 1. The van der Waals surface area contributed by atoms with E-state index < -0.39 is 17.9 Å². The van der Waals surface area contributed by atoms with Crippen molar-refractivity contribution in [2.45, 2.75) is 31.8 Å². The number of hydrogen-bond acceptors (Lipinski definition) is 6. The van der Waals surface area contributed by atoms with Gasteiger partial charge in [0.1, 0.15) is 6.10 Å². The minimum atomic E-state index is -0.577. The summed E-state index contributed by atoms with van der Waals surface area (Å²) in [7, 11) is -0.577. The molecule has 0 heterocycles. The van der Waals surface area contributed by atoms with Gasteiger partial charge in [-0.05, 0) is 31.8 Å². The zero-order valence-corrected chi connectivity index (χ0v) is 11.0. The van der Waals surface area contributed by atoms with Gasteiger partial charge in [0.2, 0.25) is 0 Å². The van der Waals surface area contributed by atoms with Crippen molar-refractivity contribution in [1.82, 2.24) is 5.23 Å². The predicted octanol–water partition coefficient (Wildman–Crippen LogP) is 0.982. The second-order valence-electron chi connectivity index (χ2n) is 4.84. The topological polar surface area (TPSA) is 102 Å². The first-order chi connectivity index (χ1) is 9.45. The fraction of sp³-hybridized carbons (Fsp3) is 0.417. The van der Waals surface area contributed by atoms with E-state index >= 15 is 0 Å². The lowest BCUT2D eigenvalue weighted by Crippen LogP contribution is -2.50. The Bertz CT molecular complexity index is 499. The Balaban J connectivity index is 1.83. The second-order valence-corrected chi connectivity index (χ2v) is 4.84. The molecule has 2 N–H and O–H groups in total. The highest BCUT2D eigenvalue weighted by Gasteiger charge is 2.33. The molecule has 1 aromatic carbocycles. The zero-order valence-electron chi connectivity index (χ0n) is 11.0. The summed E-state index contributed by atoms with van der Waals surface area (Å²) in [4.78, 5) is 21.8. The number of carbonyl (C=O) groups is 1. The van der Waals surface area contributed by atoms with E-state index in [1.165, 1.54) is 24.3 Å². The van der Waals surface area contributed by atoms with Gasteiger partial charge in [-0.2, -0.15) is 0 Å². The summed E-state index contributed by atoms with van der Waals surface area (Å²) < 4.78 is 5.25. The van der Waals surface area contributed by atoms with Gasteiger partial charge in [0, 0.05) is 18.2 Å². The predicted molar refractivity (Wildman–Crippen MR) is 72.3 cm³/mol. The lowest BCUT2D eigenvalue weighted by Gasteiger charge is -2.35. The van der Waals surface area contributed by atoms with E-state index in [0.29, 0.717) is 18.4 Å². The molecule has 0 radical (unpaired) electrons. The molecular formula is C12H15BN2O5. The number of esters is 1. The van der Waals surface area contributed by atoms with Gasteiger partial charge in [-0.1, -0.05) is 0 Å². The number of nitro groups is 1. The van der Waals surface area contributed by atoms with E-state index in [-0.39, 0.29) is 17.8 Å². The first kappa shape index (κ1) is 14.5. The van der Waals surface area contributed by atoms with Gasteiger partial charge in [0.25, 0.3) is 5.69 Å². The quantitative estimate of drug-likeness (QED) is 0.360. The Morgan fingerprint density at radius 1 is 1.45 bits per heavy atom. The standard InChI is InChI=1S/C12H15BN2O5/c1-13(17)14-9-6-11(7-9)20-12(16)8-2-4-10(5-3-8)15(18)19/h2-5,9,11,14,17H,6-7H2,1H3. The molecule has 0 amide bonds. The number of carbonyl (C=O) groups excluding carboxylic acids is 1. The maximum atomic E-state index is 11.8. The molecule has 7 nitrogen and oxygen atoms in total. The summed E-state index contributed by atoms with van der Waals surface area (Å²) in [5.41, 5.74) is 0.230. The molecule has 0 spiro atoms. The average Bonchev–Trinajstić information content (AvgIpc) is 2.35. The van der Waals surface area contributed by atoms with Crippen molar-refractivity contribution in [2.75, 3.05) is 0 Å². The summed E-state index contributed by atoms with van der Waals surface area (Å²) in [6.07, 6.45) is 1.14. The van der Waals surface area contributed by atoms with Crippen molar-refractivity contribution in [2.24, 2.45) is 0 Å². The summed E-state index contributed by atoms with van der Waals surface area (Å²) in [5.74, 6) is -0.486. The maximum absolute atomic E-state index is 11.8. The normalized spacial score (nSPS) is 20.9. The minimum Gasteiger partial charge on any atom is -0.459 e. The van der Waals surface area contributed by atoms with E-state index in [9.17, 15) is 14.9 Å². The fourth-order valence-corrected chi connectivity index (χ4v) is 2.08. The minimum absolute atomic E-state index is 0.0635. The number of hydrogen-bond donors (Lipinski definition) is 2. The van der Waals surface area contributed by atoms with E-state index in [1.54, 1.807) is 6.82 Å². The van der Waals surface area contributed by atoms with Crippen LogP contribution in [0.3, 0.4) is 0 Å². The van der Waals surface area contributed by atoms with Crippen LogP contribution in [-0.4, -0.2) is 35.1 Å². The van der Waals surface area contributed by atoms with Crippen molar-refractivity contribution in [3.05, 3.63) is 39.9 Å². The Labute approximate surface area is 116 Å². The third-order valence-corrected chi connectivity index (χ3v) is 3.16. The fourth-order valence-electron chi connectivity index (χ4n) is 2.08. The SMILES string of the molecule is CB(O)NC1CC(OC(=O)c2ccc([N+](=O)[O-])cc2)C1. The molecule has 106 valence electrons. The third kappa shape index (κ3) is 3.55. The highest BCUT2D eigenvalue weighted by atomic mass is 16.6. The Kier molecular flexibility index (Phi) is 4.36. The van der Waals surface area contributed by atoms with Crippen LogP contribution in [0.15, 0.2) is 24.3 Å². The lowest BCUT2D eigenvalue weighted by molar-refractivity contribution is -0.384. The van der Waals surface area contributed by atoms with Crippen LogP contribution in [0.2, 0.25) is 6.82 Å². The van der Waals surface area contributed by atoms with Crippen molar-refractivity contribution >= 4 is 18.7 Å². The van der Waals surface area contributed by atoms with Crippen molar-refractivity contribution in [1.29, 1.82) is 0 Å². The van der Waals surface area contributed by atoms with Crippen LogP contribution in [0, 0.1) is 10.1 Å². The molecule has 0 aromatic heterocycles. The maximum Gasteiger partial charge on any atom is 0.373 e. The molecule has 0 bridgehead atoms. The van der Waals surface area contributed by atoms with E-state index in [0.717, 1.165) is 0 Å². The van der Waals surface area contributed by atoms with Crippen molar-refractivity contribution < 1.29 is 19.5 Å². The number of rotatable bonds is 5. The summed E-state index contributed by atoms with van der Waals surface area (Å²) >= 11 is 0. The van der Waals surface area contributed by atoms with Gasteiger partial charge in [0.05, 0.1) is 10.5 Å². The van der Waals surface area contributed by atoms with E-state index in [1.807, 2.05) is 0 Å². The van der Waals surface area contributed by atoms with Gasteiger partial charge in [0.15, 0.2) is 0 Å². The van der Waals surface area contributed by atoms with Gasteiger partial charge >= 0.3 is 13.0 Å². The van der Waals surface area contributed by atoms with E-state index in [4.69, 9.17) is 9.76 Å². The first-order valence-corrected chi connectivity index (χ1v) is 6.35. The van der Waals surface area contributed by atoms with Crippen LogP contribution in [0.1, 0.15) is 23.2 Å². The molecule has 1 aliphatic rings. The number of ether oxygens (including phenoxy) is 1. The van der Waals surface area contributed by atoms with Crippen molar-refractivity contribution in [3.8, 4) is 0 Å². The molecular weight excluding hydrogens is 263 g/mol. The molecule has 0 unspecified atom stereocenters. The smallest absolute Gasteiger partial charge is 0.373 e. The highest BCUT2D eigenvalue weighted by Crippen LogP contribution is 2.24. The monoisotopic (exact) mass is 278 g/mol. The number of nitro benzene ring substituents is 1. The highest BCUT2D eigenvalue weighted by molar-refractivity contribution is 6.45. The molecule has 0 atom stereocenters. The van der Waals surface area contributed by atoms with Crippen LogP contribution in [-0.2, 0) is 4.74 Å². The molecule has 1 saturated carbocycles. The zero-order chi connectivity index (χ0) is 14.7. The van der Waals surface area contributed by atoms with Gasteiger partial charge in [-0.15, -0.1) is 0 Å². The van der Waals surface area contributed by atoms with Gasteiger partial charge in [-0.25, -0.2) is 4.79 Å². The molecule has 20 heavy (non-hydrogen) atoms.